The largest absolute Gasteiger partial charge is 0.318 e. The van der Waals surface area contributed by atoms with E-state index in [1.54, 1.807) is 0 Å². The molecule has 1 atom stereocenters. The van der Waals surface area contributed by atoms with Crippen molar-refractivity contribution in [2.24, 2.45) is 5.73 Å². The van der Waals surface area contributed by atoms with Crippen molar-refractivity contribution in [1.29, 1.82) is 0 Å². The van der Waals surface area contributed by atoms with Crippen molar-refractivity contribution in [1.82, 2.24) is 15.2 Å². The van der Waals surface area contributed by atoms with Gasteiger partial charge in [0.1, 0.15) is 5.82 Å². The molecule has 3 N–H and O–H groups in total. The molecule has 0 saturated carbocycles. The Morgan fingerprint density at radius 1 is 1.00 bits per heavy atom. The number of benzene rings is 2. The Morgan fingerprint density at radius 3 is 2.40 bits per heavy atom. The smallest absolute Gasteiger partial charge is 0.181 e. The van der Waals surface area contributed by atoms with Crippen LogP contribution in [0.25, 0.3) is 11.4 Å². The van der Waals surface area contributed by atoms with E-state index in [-0.39, 0.29) is 6.04 Å². The highest BCUT2D eigenvalue weighted by Crippen LogP contribution is 2.20. The van der Waals surface area contributed by atoms with E-state index in [9.17, 15) is 0 Å². The summed E-state index contributed by atoms with van der Waals surface area (Å²) in [7, 11) is 0. The van der Waals surface area contributed by atoms with E-state index in [0.717, 1.165) is 11.1 Å². The van der Waals surface area contributed by atoms with E-state index in [0.29, 0.717) is 11.6 Å². The van der Waals surface area contributed by atoms with Crippen LogP contribution in [0.5, 0.6) is 0 Å². The molecule has 20 heavy (non-hydrogen) atoms. The van der Waals surface area contributed by atoms with Crippen molar-refractivity contribution in [2.45, 2.75) is 6.04 Å². The van der Waals surface area contributed by atoms with Gasteiger partial charge in [0, 0.05) is 9.13 Å². The second-order valence-electron chi connectivity index (χ2n) is 4.44. The number of nitrogens with zero attached hydrogens (tertiary/aromatic N) is 2. The molecule has 0 radical (unpaired) electrons. The lowest BCUT2D eigenvalue weighted by molar-refractivity contribution is 0.787. The van der Waals surface area contributed by atoms with Crippen LogP contribution in [0.4, 0.5) is 0 Å². The Labute approximate surface area is 130 Å². The number of hydrogen-bond acceptors (Lipinski definition) is 3. The summed E-state index contributed by atoms with van der Waals surface area (Å²) in [4.78, 5) is 4.49. The molecular formula is C15H13IN4. The Hall–Kier alpha value is -1.73. The highest BCUT2D eigenvalue weighted by atomic mass is 127. The molecule has 0 bridgehead atoms. The van der Waals surface area contributed by atoms with Gasteiger partial charge in [-0.2, -0.15) is 5.10 Å². The van der Waals surface area contributed by atoms with Crippen LogP contribution in [0, 0.1) is 3.57 Å². The first-order chi connectivity index (χ1) is 9.74. The van der Waals surface area contributed by atoms with Crippen molar-refractivity contribution >= 4 is 22.6 Å². The standard InChI is InChI=1S/C15H13IN4/c16-12-8-6-11(7-9-12)14-18-15(20-19-14)13(17)10-4-2-1-3-5-10/h1-9,13H,17H2,(H,18,19,20)/t13-/m1/s1. The summed E-state index contributed by atoms with van der Waals surface area (Å²) in [6, 6.07) is 17.6. The van der Waals surface area contributed by atoms with Crippen molar-refractivity contribution in [3.8, 4) is 11.4 Å². The molecule has 0 aliphatic carbocycles. The average Bonchev–Trinajstić information content (AvgIpc) is 2.98. The molecule has 3 aromatic rings. The summed E-state index contributed by atoms with van der Waals surface area (Å²) in [6.45, 7) is 0. The zero-order chi connectivity index (χ0) is 13.9. The minimum atomic E-state index is -0.290. The van der Waals surface area contributed by atoms with Gasteiger partial charge in [0.05, 0.1) is 6.04 Å². The van der Waals surface area contributed by atoms with Gasteiger partial charge in [-0.25, -0.2) is 4.98 Å². The molecule has 1 aromatic heterocycles. The molecule has 0 unspecified atom stereocenters. The summed E-state index contributed by atoms with van der Waals surface area (Å²) >= 11 is 2.27. The van der Waals surface area contributed by atoms with Crippen LogP contribution in [0.2, 0.25) is 0 Å². The molecule has 0 aliphatic heterocycles. The van der Waals surface area contributed by atoms with Crippen LogP contribution >= 0.6 is 22.6 Å². The minimum Gasteiger partial charge on any atom is -0.318 e. The molecular weight excluding hydrogens is 363 g/mol. The summed E-state index contributed by atoms with van der Waals surface area (Å²) < 4.78 is 1.18. The summed E-state index contributed by atoms with van der Waals surface area (Å²) in [5, 5.41) is 7.17. The van der Waals surface area contributed by atoms with Crippen molar-refractivity contribution in [2.75, 3.05) is 0 Å². The second-order valence-corrected chi connectivity index (χ2v) is 5.69. The third-order valence-electron chi connectivity index (χ3n) is 3.06. The lowest BCUT2D eigenvalue weighted by Gasteiger charge is -2.07. The molecule has 0 spiro atoms. The molecule has 4 nitrogen and oxygen atoms in total. The van der Waals surface area contributed by atoms with Crippen molar-refractivity contribution in [3.05, 3.63) is 69.6 Å². The number of aromatic nitrogens is 3. The average molecular weight is 376 g/mol. The van der Waals surface area contributed by atoms with Gasteiger partial charge < -0.3 is 5.73 Å². The first-order valence-electron chi connectivity index (χ1n) is 6.23. The summed E-state index contributed by atoms with van der Waals surface area (Å²) in [5.74, 6) is 1.34. The van der Waals surface area contributed by atoms with E-state index >= 15 is 0 Å². The van der Waals surface area contributed by atoms with Gasteiger partial charge in [-0.1, -0.05) is 42.5 Å². The SMILES string of the molecule is N[C@H](c1ccccc1)c1nc(-c2ccc(I)cc2)n[nH]1. The van der Waals surface area contributed by atoms with Gasteiger partial charge in [0.25, 0.3) is 0 Å². The highest BCUT2D eigenvalue weighted by Gasteiger charge is 2.14. The van der Waals surface area contributed by atoms with E-state index in [2.05, 4.69) is 37.8 Å². The molecule has 5 heteroatoms. The van der Waals surface area contributed by atoms with Gasteiger partial charge >= 0.3 is 0 Å². The molecule has 3 rings (SSSR count). The normalized spacial score (nSPS) is 12.3. The third-order valence-corrected chi connectivity index (χ3v) is 3.78. The number of H-pyrrole nitrogens is 1. The van der Waals surface area contributed by atoms with E-state index in [1.807, 2.05) is 54.6 Å². The molecule has 0 fully saturated rings. The fourth-order valence-corrected chi connectivity index (χ4v) is 2.32. The van der Waals surface area contributed by atoms with Gasteiger partial charge in [-0.05, 0) is 40.3 Å². The molecule has 1 heterocycles. The molecule has 2 aromatic carbocycles. The first kappa shape index (κ1) is 13.3. The van der Waals surface area contributed by atoms with E-state index in [1.165, 1.54) is 3.57 Å². The Bertz CT molecular complexity index is 691. The molecule has 100 valence electrons. The Kier molecular flexibility index (Phi) is 3.79. The fourth-order valence-electron chi connectivity index (χ4n) is 1.96. The number of hydrogen-bond donors (Lipinski definition) is 2. The molecule has 0 saturated heterocycles. The second kappa shape index (κ2) is 5.72. The number of aromatic amines is 1. The summed E-state index contributed by atoms with van der Waals surface area (Å²) in [6.07, 6.45) is 0. The predicted molar refractivity (Wildman–Crippen MR) is 87.0 cm³/mol. The van der Waals surface area contributed by atoms with Gasteiger partial charge in [-0.15, -0.1) is 0 Å². The van der Waals surface area contributed by atoms with E-state index in [4.69, 9.17) is 5.73 Å². The predicted octanol–water partition coefficient (Wildman–Crippen LogP) is 3.12. The number of nitrogens with two attached hydrogens (primary N) is 1. The van der Waals surface area contributed by atoms with Gasteiger partial charge in [0.15, 0.2) is 5.82 Å². The maximum atomic E-state index is 6.20. The third kappa shape index (κ3) is 2.73. The van der Waals surface area contributed by atoms with Crippen molar-refractivity contribution in [3.63, 3.8) is 0 Å². The Morgan fingerprint density at radius 2 is 1.70 bits per heavy atom. The number of nitrogens with one attached hydrogen (secondary N) is 1. The maximum absolute atomic E-state index is 6.20. The topological polar surface area (TPSA) is 67.6 Å². The van der Waals surface area contributed by atoms with Crippen LogP contribution in [0.3, 0.4) is 0 Å². The maximum Gasteiger partial charge on any atom is 0.181 e. The first-order valence-corrected chi connectivity index (χ1v) is 7.30. The van der Waals surface area contributed by atoms with Crippen LogP contribution in [0.15, 0.2) is 54.6 Å². The molecule has 0 aliphatic rings. The van der Waals surface area contributed by atoms with E-state index < -0.39 is 0 Å². The zero-order valence-corrected chi connectivity index (χ0v) is 12.8. The van der Waals surface area contributed by atoms with Crippen molar-refractivity contribution < 1.29 is 0 Å². The van der Waals surface area contributed by atoms with Crippen LogP contribution in [-0.4, -0.2) is 15.2 Å². The van der Waals surface area contributed by atoms with Gasteiger partial charge in [0.2, 0.25) is 0 Å². The lowest BCUT2D eigenvalue weighted by atomic mass is 10.1. The quantitative estimate of drug-likeness (QED) is 0.691. The minimum absolute atomic E-state index is 0.290. The number of rotatable bonds is 3. The zero-order valence-electron chi connectivity index (χ0n) is 10.6. The van der Waals surface area contributed by atoms with Crippen LogP contribution < -0.4 is 5.73 Å². The monoisotopic (exact) mass is 376 g/mol. The van der Waals surface area contributed by atoms with Gasteiger partial charge in [-0.3, -0.25) is 5.10 Å². The summed E-state index contributed by atoms with van der Waals surface area (Å²) in [5.41, 5.74) is 8.19. The Balaban J connectivity index is 1.89. The highest BCUT2D eigenvalue weighted by molar-refractivity contribution is 14.1. The van der Waals surface area contributed by atoms with Crippen LogP contribution in [-0.2, 0) is 0 Å². The fraction of sp³-hybridized carbons (Fsp3) is 0.0667. The lowest BCUT2D eigenvalue weighted by Crippen LogP contribution is -2.13. The molecule has 0 amide bonds. The van der Waals surface area contributed by atoms with Crippen LogP contribution in [0.1, 0.15) is 17.4 Å². The number of halogens is 1.